The second-order valence-corrected chi connectivity index (χ2v) is 3.04. The Kier molecular flexibility index (Phi) is 3.66. The third-order valence-corrected chi connectivity index (χ3v) is 1.79. The maximum Gasteiger partial charge on any atom is 0.169 e. The van der Waals surface area contributed by atoms with Crippen LogP contribution in [0.1, 0.15) is 27.2 Å². The van der Waals surface area contributed by atoms with Crippen molar-refractivity contribution in [3.05, 3.63) is 0 Å². The predicted molar refractivity (Wildman–Crippen MR) is 41.1 cm³/mol. The van der Waals surface area contributed by atoms with Crippen molar-refractivity contribution in [2.75, 3.05) is 6.67 Å². The first kappa shape index (κ1) is 10.6. The third-order valence-electron chi connectivity index (χ3n) is 1.79. The molecule has 11 heavy (non-hydrogen) atoms. The highest BCUT2D eigenvalue weighted by Gasteiger charge is 2.35. The Morgan fingerprint density at radius 2 is 2.09 bits per heavy atom. The van der Waals surface area contributed by atoms with E-state index in [4.69, 9.17) is 0 Å². The predicted octanol–water partition coefficient (Wildman–Crippen LogP) is 1.32. The van der Waals surface area contributed by atoms with Crippen molar-refractivity contribution >= 4 is 5.78 Å². The van der Waals surface area contributed by atoms with Crippen molar-refractivity contribution in [3.63, 3.8) is 0 Å². The van der Waals surface area contributed by atoms with Crippen LogP contribution in [0.4, 0.5) is 4.39 Å². The highest BCUT2D eigenvalue weighted by molar-refractivity contribution is 5.88. The highest BCUT2D eigenvalue weighted by Crippen LogP contribution is 2.16. The first-order chi connectivity index (χ1) is 4.98. The number of carbonyl (C=O) groups is 1. The van der Waals surface area contributed by atoms with Crippen molar-refractivity contribution in [2.24, 2.45) is 5.92 Å². The van der Waals surface area contributed by atoms with Crippen LogP contribution in [0.15, 0.2) is 0 Å². The van der Waals surface area contributed by atoms with Crippen LogP contribution in [0.25, 0.3) is 0 Å². The number of ketones is 1. The molecule has 0 aliphatic rings. The SMILES string of the molecule is CCC(O)(CF)C(=O)C(C)C. The number of aliphatic hydroxyl groups is 1. The standard InChI is InChI=1S/C8H15FO2/c1-4-8(11,5-9)7(10)6(2)3/h6,11H,4-5H2,1-3H3. The maximum absolute atomic E-state index is 12.2. The van der Waals surface area contributed by atoms with E-state index in [0.717, 1.165) is 0 Å². The number of carbonyl (C=O) groups excluding carboxylic acids is 1. The van der Waals surface area contributed by atoms with Gasteiger partial charge in [0.25, 0.3) is 0 Å². The molecule has 0 bridgehead atoms. The fraction of sp³-hybridized carbons (Fsp3) is 0.875. The molecule has 0 fully saturated rings. The number of hydrogen-bond acceptors (Lipinski definition) is 2. The number of rotatable bonds is 4. The van der Waals surface area contributed by atoms with E-state index in [2.05, 4.69) is 0 Å². The van der Waals surface area contributed by atoms with Gasteiger partial charge < -0.3 is 5.11 Å². The molecule has 3 heteroatoms. The van der Waals surface area contributed by atoms with E-state index < -0.39 is 18.1 Å². The van der Waals surface area contributed by atoms with Crippen molar-refractivity contribution in [1.29, 1.82) is 0 Å². The molecular formula is C8H15FO2. The number of halogens is 1. The summed E-state index contributed by atoms with van der Waals surface area (Å²) in [5, 5.41) is 9.34. The number of Topliss-reactive ketones (excluding diaryl/α,β-unsaturated/α-hetero) is 1. The van der Waals surface area contributed by atoms with E-state index in [9.17, 15) is 14.3 Å². The van der Waals surface area contributed by atoms with Crippen LogP contribution < -0.4 is 0 Å². The summed E-state index contributed by atoms with van der Waals surface area (Å²) < 4.78 is 12.2. The Balaban J connectivity index is 4.37. The van der Waals surface area contributed by atoms with Gasteiger partial charge in [0.1, 0.15) is 6.67 Å². The Bertz CT molecular complexity index is 139. The average Bonchev–Trinajstić information content (AvgIpc) is 2.01. The van der Waals surface area contributed by atoms with Crippen LogP contribution in [0, 0.1) is 5.92 Å². The molecule has 1 atom stereocenters. The molecule has 0 aromatic rings. The van der Waals surface area contributed by atoms with Gasteiger partial charge in [0.05, 0.1) is 0 Å². The van der Waals surface area contributed by atoms with Crippen LogP contribution in [-0.4, -0.2) is 23.2 Å². The zero-order chi connectivity index (χ0) is 9.07. The van der Waals surface area contributed by atoms with E-state index in [1.54, 1.807) is 20.8 Å². The molecule has 0 saturated carbocycles. The normalized spacial score (nSPS) is 16.5. The quantitative estimate of drug-likeness (QED) is 0.677. The molecule has 0 aliphatic heterocycles. The largest absolute Gasteiger partial charge is 0.379 e. The van der Waals surface area contributed by atoms with Crippen molar-refractivity contribution in [2.45, 2.75) is 32.8 Å². The lowest BCUT2D eigenvalue weighted by Gasteiger charge is -2.23. The van der Waals surface area contributed by atoms with Crippen LogP contribution in [-0.2, 0) is 4.79 Å². The Morgan fingerprint density at radius 1 is 1.64 bits per heavy atom. The molecule has 0 aromatic carbocycles. The number of alkyl halides is 1. The van der Waals surface area contributed by atoms with Crippen LogP contribution in [0.3, 0.4) is 0 Å². The third kappa shape index (κ3) is 2.26. The average molecular weight is 162 g/mol. The molecule has 0 radical (unpaired) electrons. The summed E-state index contributed by atoms with van der Waals surface area (Å²) in [6, 6.07) is 0. The van der Waals surface area contributed by atoms with E-state index in [1.165, 1.54) is 0 Å². The second kappa shape index (κ2) is 3.81. The minimum Gasteiger partial charge on any atom is -0.379 e. The molecule has 0 heterocycles. The van der Waals surface area contributed by atoms with Gasteiger partial charge in [0.2, 0.25) is 0 Å². The lowest BCUT2D eigenvalue weighted by Crippen LogP contribution is -2.42. The molecule has 66 valence electrons. The van der Waals surface area contributed by atoms with Crippen molar-refractivity contribution in [3.8, 4) is 0 Å². The minimum absolute atomic E-state index is 0.139. The van der Waals surface area contributed by atoms with Gasteiger partial charge in [-0.2, -0.15) is 0 Å². The summed E-state index contributed by atoms with van der Waals surface area (Å²) >= 11 is 0. The first-order valence-corrected chi connectivity index (χ1v) is 3.80. The van der Waals surface area contributed by atoms with Gasteiger partial charge in [-0.05, 0) is 6.42 Å². The molecule has 0 amide bonds. The van der Waals surface area contributed by atoms with Gasteiger partial charge in [-0.15, -0.1) is 0 Å². The van der Waals surface area contributed by atoms with Gasteiger partial charge in [-0.25, -0.2) is 4.39 Å². The van der Waals surface area contributed by atoms with Gasteiger partial charge in [-0.1, -0.05) is 20.8 Å². The smallest absolute Gasteiger partial charge is 0.169 e. The number of hydrogen-bond donors (Lipinski definition) is 1. The molecule has 0 aromatic heterocycles. The molecule has 0 saturated heterocycles. The lowest BCUT2D eigenvalue weighted by atomic mass is 9.90. The molecule has 2 nitrogen and oxygen atoms in total. The van der Waals surface area contributed by atoms with E-state index in [0.29, 0.717) is 0 Å². The van der Waals surface area contributed by atoms with Crippen molar-refractivity contribution < 1.29 is 14.3 Å². The summed E-state index contributed by atoms with van der Waals surface area (Å²) in [6.07, 6.45) is 0.139. The zero-order valence-corrected chi connectivity index (χ0v) is 7.22. The van der Waals surface area contributed by atoms with Crippen LogP contribution in [0.2, 0.25) is 0 Å². The van der Waals surface area contributed by atoms with E-state index in [-0.39, 0.29) is 12.3 Å². The second-order valence-electron chi connectivity index (χ2n) is 3.04. The fourth-order valence-electron chi connectivity index (χ4n) is 0.872. The first-order valence-electron chi connectivity index (χ1n) is 3.80. The maximum atomic E-state index is 12.2. The summed E-state index contributed by atoms with van der Waals surface area (Å²) in [5.41, 5.74) is -1.74. The monoisotopic (exact) mass is 162 g/mol. The molecular weight excluding hydrogens is 147 g/mol. The Hall–Kier alpha value is -0.440. The van der Waals surface area contributed by atoms with Crippen molar-refractivity contribution in [1.82, 2.24) is 0 Å². The van der Waals surface area contributed by atoms with Gasteiger partial charge in [0.15, 0.2) is 11.4 Å². The Labute approximate surface area is 66.4 Å². The topological polar surface area (TPSA) is 37.3 Å². The molecule has 1 unspecified atom stereocenters. The van der Waals surface area contributed by atoms with E-state index >= 15 is 0 Å². The lowest BCUT2D eigenvalue weighted by molar-refractivity contribution is -0.142. The van der Waals surface area contributed by atoms with Crippen LogP contribution >= 0.6 is 0 Å². The minimum atomic E-state index is -1.74. The summed E-state index contributed by atoms with van der Waals surface area (Å²) in [4.78, 5) is 11.1. The summed E-state index contributed by atoms with van der Waals surface area (Å²) in [7, 11) is 0. The van der Waals surface area contributed by atoms with Crippen LogP contribution in [0.5, 0.6) is 0 Å². The van der Waals surface area contributed by atoms with Gasteiger partial charge >= 0.3 is 0 Å². The molecule has 0 rings (SSSR count). The highest BCUT2D eigenvalue weighted by atomic mass is 19.1. The molecule has 1 N–H and O–H groups in total. The molecule has 0 aliphatic carbocycles. The Morgan fingerprint density at radius 3 is 2.18 bits per heavy atom. The zero-order valence-electron chi connectivity index (χ0n) is 7.22. The fourth-order valence-corrected chi connectivity index (χ4v) is 0.872. The summed E-state index contributed by atoms with van der Waals surface area (Å²) in [5.74, 6) is -0.724. The van der Waals surface area contributed by atoms with Gasteiger partial charge in [0, 0.05) is 5.92 Å². The van der Waals surface area contributed by atoms with E-state index in [1.807, 2.05) is 0 Å². The van der Waals surface area contributed by atoms with Gasteiger partial charge in [-0.3, -0.25) is 4.79 Å². The summed E-state index contributed by atoms with van der Waals surface area (Å²) in [6.45, 7) is 3.91. The molecule has 0 spiro atoms.